The van der Waals surface area contributed by atoms with Crippen LogP contribution >= 0.6 is 34.9 Å². The summed E-state index contributed by atoms with van der Waals surface area (Å²) in [6.07, 6.45) is 1.18. The first kappa shape index (κ1) is 24.5. The molecule has 0 spiro atoms. The van der Waals surface area contributed by atoms with Crippen molar-refractivity contribution in [1.29, 1.82) is 0 Å². The van der Waals surface area contributed by atoms with Crippen LogP contribution in [0, 0.1) is 0 Å². The minimum absolute atomic E-state index is 0.105. The summed E-state index contributed by atoms with van der Waals surface area (Å²) >= 11 is 4.15. The van der Waals surface area contributed by atoms with Gasteiger partial charge in [0, 0.05) is 25.4 Å². The van der Waals surface area contributed by atoms with Crippen molar-refractivity contribution in [2.45, 2.75) is 42.1 Å². The number of nitrogens with one attached hydrogen (secondary N) is 4. The maximum Gasteiger partial charge on any atom is 0.236 e. The van der Waals surface area contributed by atoms with E-state index in [1.165, 1.54) is 23.1 Å². The number of rotatable bonds is 11. The van der Waals surface area contributed by atoms with Gasteiger partial charge in [0.05, 0.1) is 5.75 Å². The highest BCUT2D eigenvalue weighted by atomic mass is 32.2. The fourth-order valence-electron chi connectivity index (χ4n) is 3.01. The van der Waals surface area contributed by atoms with Gasteiger partial charge in [-0.05, 0) is 17.7 Å². The van der Waals surface area contributed by atoms with Gasteiger partial charge in [0.1, 0.15) is 5.50 Å². The summed E-state index contributed by atoms with van der Waals surface area (Å²) < 4.78 is 0.807. The summed E-state index contributed by atoms with van der Waals surface area (Å²) in [7, 11) is 0. The van der Waals surface area contributed by atoms with Crippen molar-refractivity contribution in [3.8, 4) is 0 Å². The minimum Gasteiger partial charge on any atom is -0.356 e. The number of thioether (sulfide) groups is 2. The lowest BCUT2D eigenvalue weighted by Crippen LogP contribution is -2.56. The Hall–Kier alpha value is -2.15. The molecule has 2 unspecified atom stereocenters. The number of nitrogens with zero attached hydrogens (tertiary/aromatic N) is 2. The molecule has 0 bridgehead atoms. The molecule has 9 nitrogen and oxygen atoms in total. The average molecular weight is 495 g/mol. The van der Waals surface area contributed by atoms with Crippen LogP contribution in [0.2, 0.25) is 0 Å². The lowest BCUT2D eigenvalue weighted by molar-refractivity contribution is -0.125. The SMILES string of the molecule is CCSc1nnc(NC(=O)CSC2NC(=O)CC(CC(=O)NCCc3ccccc3)N2)s1. The summed E-state index contributed by atoms with van der Waals surface area (Å²) in [5.74, 6) is 0.540. The second-order valence-electron chi connectivity index (χ2n) is 6.97. The Labute approximate surface area is 199 Å². The number of anilines is 1. The zero-order chi connectivity index (χ0) is 22.8. The van der Waals surface area contributed by atoms with Crippen molar-refractivity contribution in [3.05, 3.63) is 35.9 Å². The van der Waals surface area contributed by atoms with E-state index in [-0.39, 0.29) is 42.4 Å². The molecule has 1 aliphatic heterocycles. The molecule has 1 fully saturated rings. The topological polar surface area (TPSA) is 125 Å². The third-order valence-electron chi connectivity index (χ3n) is 4.42. The molecule has 2 atom stereocenters. The van der Waals surface area contributed by atoms with Crippen LogP contribution in [-0.4, -0.2) is 57.5 Å². The number of hydrogen-bond acceptors (Lipinski definition) is 9. The maximum absolute atomic E-state index is 12.3. The van der Waals surface area contributed by atoms with E-state index < -0.39 is 5.50 Å². The van der Waals surface area contributed by atoms with Crippen molar-refractivity contribution in [2.75, 3.05) is 23.4 Å². The van der Waals surface area contributed by atoms with Crippen LogP contribution < -0.4 is 21.3 Å². The van der Waals surface area contributed by atoms with Crippen LogP contribution in [0.1, 0.15) is 25.3 Å². The molecular formula is C20H26N6O3S3. The zero-order valence-electron chi connectivity index (χ0n) is 17.6. The highest BCUT2D eigenvalue weighted by Gasteiger charge is 2.28. The van der Waals surface area contributed by atoms with Gasteiger partial charge in [-0.2, -0.15) is 0 Å². The lowest BCUT2D eigenvalue weighted by atomic mass is 10.1. The third-order valence-corrected chi connectivity index (χ3v) is 7.29. The van der Waals surface area contributed by atoms with Crippen molar-refractivity contribution < 1.29 is 14.4 Å². The van der Waals surface area contributed by atoms with E-state index in [4.69, 9.17) is 0 Å². The summed E-state index contributed by atoms with van der Waals surface area (Å²) in [6, 6.07) is 9.65. The van der Waals surface area contributed by atoms with E-state index >= 15 is 0 Å². The quantitative estimate of drug-likeness (QED) is 0.275. The summed E-state index contributed by atoms with van der Waals surface area (Å²) in [4.78, 5) is 36.5. The first-order valence-corrected chi connectivity index (χ1v) is 13.1. The van der Waals surface area contributed by atoms with Gasteiger partial charge in [-0.25, -0.2) is 0 Å². The van der Waals surface area contributed by atoms with Gasteiger partial charge in [-0.1, -0.05) is 60.4 Å². The molecule has 4 N–H and O–H groups in total. The van der Waals surface area contributed by atoms with E-state index in [0.29, 0.717) is 11.7 Å². The van der Waals surface area contributed by atoms with Crippen molar-refractivity contribution in [3.63, 3.8) is 0 Å². The van der Waals surface area contributed by atoms with Gasteiger partial charge < -0.3 is 10.6 Å². The number of hydrogen-bond donors (Lipinski definition) is 4. The highest BCUT2D eigenvalue weighted by molar-refractivity contribution is 8.01. The minimum atomic E-state index is -0.440. The second kappa shape index (κ2) is 12.8. The number of carbonyl (C=O) groups excluding carboxylic acids is 3. The maximum atomic E-state index is 12.3. The Morgan fingerprint density at radius 1 is 1.22 bits per heavy atom. The standard InChI is InChI=1S/C20H26N6O3S3/c1-2-30-20-26-25-19(32-20)24-17(29)12-31-18-22-14(11-16(28)23-18)10-15(27)21-9-8-13-6-4-3-5-7-13/h3-7,14,18,22H,2,8-12H2,1H3,(H,21,27)(H,23,28)(H,24,25,29). The van der Waals surface area contributed by atoms with Crippen molar-refractivity contribution in [2.24, 2.45) is 0 Å². The molecule has 2 aromatic rings. The van der Waals surface area contributed by atoms with Crippen LogP contribution in [0.4, 0.5) is 5.13 Å². The van der Waals surface area contributed by atoms with Crippen LogP contribution in [0.15, 0.2) is 34.7 Å². The number of carbonyl (C=O) groups is 3. The van der Waals surface area contributed by atoms with Crippen LogP contribution in [-0.2, 0) is 20.8 Å². The molecule has 2 heterocycles. The van der Waals surface area contributed by atoms with Gasteiger partial charge in [0.15, 0.2) is 4.34 Å². The highest BCUT2D eigenvalue weighted by Crippen LogP contribution is 2.25. The molecule has 172 valence electrons. The van der Waals surface area contributed by atoms with Crippen LogP contribution in [0.3, 0.4) is 0 Å². The van der Waals surface area contributed by atoms with E-state index in [9.17, 15) is 14.4 Å². The third kappa shape index (κ3) is 8.41. The van der Waals surface area contributed by atoms with E-state index in [2.05, 4.69) is 31.5 Å². The molecular weight excluding hydrogens is 468 g/mol. The monoisotopic (exact) mass is 494 g/mol. The molecule has 3 rings (SSSR count). The van der Waals surface area contributed by atoms with Gasteiger partial charge in [0.2, 0.25) is 22.9 Å². The molecule has 1 aromatic carbocycles. The Morgan fingerprint density at radius 3 is 2.81 bits per heavy atom. The van der Waals surface area contributed by atoms with Gasteiger partial charge >= 0.3 is 0 Å². The van der Waals surface area contributed by atoms with E-state index in [1.807, 2.05) is 37.3 Å². The van der Waals surface area contributed by atoms with Gasteiger partial charge in [-0.15, -0.1) is 22.0 Å². The molecule has 3 amide bonds. The molecule has 0 saturated carbocycles. The predicted octanol–water partition coefficient (Wildman–Crippen LogP) is 1.83. The smallest absolute Gasteiger partial charge is 0.236 e. The number of amides is 3. The molecule has 32 heavy (non-hydrogen) atoms. The number of benzene rings is 1. The van der Waals surface area contributed by atoms with Crippen LogP contribution in [0.5, 0.6) is 0 Å². The van der Waals surface area contributed by atoms with E-state index in [0.717, 1.165) is 22.1 Å². The van der Waals surface area contributed by atoms with Gasteiger partial charge in [0.25, 0.3) is 0 Å². The zero-order valence-corrected chi connectivity index (χ0v) is 20.1. The summed E-state index contributed by atoms with van der Waals surface area (Å²) in [6.45, 7) is 2.57. The first-order valence-electron chi connectivity index (χ1n) is 10.3. The van der Waals surface area contributed by atoms with Crippen molar-refractivity contribution >= 4 is 57.7 Å². The molecule has 0 radical (unpaired) electrons. The Bertz CT molecular complexity index is 911. The van der Waals surface area contributed by atoms with Gasteiger partial charge in [-0.3, -0.25) is 25.0 Å². The Morgan fingerprint density at radius 2 is 2.03 bits per heavy atom. The summed E-state index contributed by atoms with van der Waals surface area (Å²) in [5.41, 5.74) is 0.719. The molecule has 12 heteroatoms. The average Bonchev–Trinajstić information content (AvgIpc) is 3.20. The Balaban J connectivity index is 1.37. The lowest BCUT2D eigenvalue weighted by Gasteiger charge is -2.30. The van der Waals surface area contributed by atoms with Crippen molar-refractivity contribution in [1.82, 2.24) is 26.1 Å². The molecule has 1 aliphatic rings. The van der Waals surface area contributed by atoms with E-state index in [1.54, 1.807) is 11.8 Å². The normalized spacial score (nSPS) is 18.1. The largest absolute Gasteiger partial charge is 0.356 e. The predicted molar refractivity (Wildman–Crippen MR) is 129 cm³/mol. The molecule has 0 aliphatic carbocycles. The fourth-order valence-corrected chi connectivity index (χ4v) is 5.57. The molecule has 1 aromatic heterocycles. The second-order valence-corrected chi connectivity index (χ2v) is 10.6. The summed E-state index contributed by atoms with van der Waals surface area (Å²) in [5, 5.41) is 20.0. The molecule has 1 saturated heterocycles. The fraction of sp³-hybridized carbons (Fsp3) is 0.450. The van der Waals surface area contributed by atoms with Crippen LogP contribution in [0.25, 0.3) is 0 Å². The first-order chi connectivity index (χ1) is 15.5. The Kier molecular flexibility index (Phi) is 9.78. The number of aromatic nitrogens is 2.